The number of rotatable bonds is 9. The minimum atomic E-state index is -3.57. The fourth-order valence-corrected chi connectivity index (χ4v) is 3.15. The van der Waals surface area contributed by atoms with Crippen LogP contribution in [0.15, 0.2) is 11.3 Å². The van der Waals surface area contributed by atoms with Gasteiger partial charge in [0.25, 0.3) is 10.1 Å². The first-order valence-electron chi connectivity index (χ1n) is 7.94. The molecule has 0 heterocycles. The molecule has 2 atom stereocenters. The van der Waals surface area contributed by atoms with Crippen LogP contribution in [-0.2, 0) is 28.6 Å². The SMILES string of the molecule is CCOC(=O)C1=C(OC(CC)CCN)CCC(OS(C)(=O)=O)C1. The van der Waals surface area contributed by atoms with Gasteiger partial charge in [-0.25, -0.2) is 4.79 Å². The third-order valence-electron chi connectivity index (χ3n) is 3.55. The third-order valence-corrected chi connectivity index (χ3v) is 4.17. The van der Waals surface area contributed by atoms with E-state index in [9.17, 15) is 13.2 Å². The van der Waals surface area contributed by atoms with E-state index >= 15 is 0 Å². The van der Waals surface area contributed by atoms with E-state index in [1.807, 2.05) is 6.92 Å². The van der Waals surface area contributed by atoms with Crippen LogP contribution in [0.3, 0.4) is 0 Å². The van der Waals surface area contributed by atoms with Crippen molar-refractivity contribution in [2.75, 3.05) is 19.4 Å². The number of hydrogen-bond donors (Lipinski definition) is 1. The van der Waals surface area contributed by atoms with Gasteiger partial charge in [-0.15, -0.1) is 0 Å². The highest BCUT2D eigenvalue weighted by Crippen LogP contribution is 2.31. The van der Waals surface area contributed by atoms with Crippen LogP contribution in [0, 0.1) is 0 Å². The van der Waals surface area contributed by atoms with Crippen LogP contribution in [0.25, 0.3) is 0 Å². The van der Waals surface area contributed by atoms with Gasteiger partial charge >= 0.3 is 5.97 Å². The van der Waals surface area contributed by atoms with Gasteiger partial charge in [-0.05, 0) is 32.7 Å². The maximum Gasteiger partial charge on any atom is 0.337 e. The molecule has 0 bridgehead atoms. The lowest BCUT2D eigenvalue weighted by atomic mass is 9.95. The zero-order valence-corrected chi connectivity index (χ0v) is 14.9. The van der Waals surface area contributed by atoms with E-state index in [4.69, 9.17) is 19.4 Å². The van der Waals surface area contributed by atoms with E-state index in [1.165, 1.54) is 0 Å². The van der Waals surface area contributed by atoms with Crippen LogP contribution in [0.4, 0.5) is 0 Å². The number of ether oxygens (including phenoxy) is 2. The van der Waals surface area contributed by atoms with Crippen LogP contribution in [-0.4, -0.2) is 46.0 Å². The zero-order valence-electron chi connectivity index (χ0n) is 14.0. The number of allylic oxidation sites excluding steroid dienone is 1. The Hall–Kier alpha value is -1.12. The van der Waals surface area contributed by atoms with Gasteiger partial charge in [-0.1, -0.05) is 6.92 Å². The average Bonchev–Trinajstić information content (AvgIpc) is 2.46. The molecule has 23 heavy (non-hydrogen) atoms. The average molecular weight is 349 g/mol. The summed E-state index contributed by atoms with van der Waals surface area (Å²) in [6.07, 6.45) is 2.93. The Kier molecular flexibility index (Phi) is 8.01. The first kappa shape index (κ1) is 19.9. The monoisotopic (exact) mass is 349 g/mol. The summed E-state index contributed by atoms with van der Waals surface area (Å²) >= 11 is 0. The van der Waals surface area contributed by atoms with Gasteiger partial charge in [-0.2, -0.15) is 8.42 Å². The molecule has 0 aromatic carbocycles. The van der Waals surface area contributed by atoms with Gasteiger partial charge in [-0.3, -0.25) is 4.18 Å². The standard InChI is InChI=1S/C15H27NO6S/c1-4-11(8-9-16)21-14-7-6-12(22-23(3,18)19)10-13(14)15(17)20-5-2/h11-12H,4-10,16H2,1-3H3. The Morgan fingerprint density at radius 2 is 2.09 bits per heavy atom. The summed E-state index contributed by atoms with van der Waals surface area (Å²) in [7, 11) is -3.57. The van der Waals surface area contributed by atoms with Crippen LogP contribution >= 0.6 is 0 Å². The first-order chi connectivity index (χ1) is 10.8. The van der Waals surface area contributed by atoms with Gasteiger partial charge < -0.3 is 15.2 Å². The second-order valence-electron chi connectivity index (χ2n) is 5.51. The quantitative estimate of drug-likeness (QED) is 0.496. The van der Waals surface area contributed by atoms with E-state index in [2.05, 4.69) is 0 Å². The number of carbonyl (C=O) groups is 1. The van der Waals surface area contributed by atoms with Gasteiger partial charge in [0, 0.05) is 12.8 Å². The Balaban J connectivity index is 2.94. The Morgan fingerprint density at radius 3 is 2.61 bits per heavy atom. The van der Waals surface area contributed by atoms with Crippen molar-refractivity contribution in [2.45, 2.75) is 58.2 Å². The summed E-state index contributed by atoms with van der Waals surface area (Å²) in [5, 5.41) is 0. The molecule has 0 saturated carbocycles. The molecular weight excluding hydrogens is 322 g/mol. The Bertz CT molecular complexity index is 528. The van der Waals surface area contributed by atoms with Crippen molar-refractivity contribution in [2.24, 2.45) is 5.73 Å². The van der Waals surface area contributed by atoms with E-state index < -0.39 is 22.2 Å². The predicted molar refractivity (Wildman–Crippen MR) is 86.1 cm³/mol. The van der Waals surface area contributed by atoms with Crippen molar-refractivity contribution in [1.29, 1.82) is 0 Å². The smallest absolute Gasteiger partial charge is 0.337 e. The molecule has 2 unspecified atom stereocenters. The van der Waals surface area contributed by atoms with Crippen LogP contribution in [0.1, 0.15) is 46.0 Å². The lowest BCUT2D eigenvalue weighted by molar-refractivity contribution is -0.139. The number of hydrogen-bond acceptors (Lipinski definition) is 7. The van der Waals surface area contributed by atoms with Crippen molar-refractivity contribution in [3.63, 3.8) is 0 Å². The molecule has 2 N–H and O–H groups in total. The topological polar surface area (TPSA) is 105 Å². The third kappa shape index (κ3) is 6.88. The molecule has 0 spiro atoms. The Labute approximate surface area is 138 Å². The highest BCUT2D eigenvalue weighted by Gasteiger charge is 2.31. The lowest BCUT2D eigenvalue weighted by Crippen LogP contribution is -2.28. The zero-order chi connectivity index (χ0) is 17.5. The molecular formula is C15H27NO6S. The van der Waals surface area contributed by atoms with Gasteiger partial charge in [0.15, 0.2) is 0 Å². The molecule has 0 amide bonds. The normalized spacial score (nSPS) is 20.3. The van der Waals surface area contributed by atoms with Gasteiger partial charge in [0.05, 0.1) is 30.6 Å². The molecule has 0 radical (unpaired) electrons. The fourth-order valence-electron chi connectivity index (χ4n) is 2.49. The van der Waals surface area contributed by atoms with E-state index in [0.717, 1.165) is 12.7 Å². The second kappa shape index (κ2) is 9.24. The van der Waals surface area contributed by atoms with Gasteiger partial charge in [0.1, 0.15) is 5.76 Å². The highest BCUT2D eigenvalue weighted by molar-refractivity contribution is 7.86. The fraction of sp³-hybridized carbons (Fsp3) is 0.800. The van der Waals surface area contributed by atoms with Crippen LogP contribution < -0.4 is 5.73 Å². The maximum atomic E-state index is 12.2. The van der Waals surface area contributed by atoms with Crippen molar-refractivity contribution < 1.29 is 26.9 Å². The van der Waals surface area contributed by atoms with E-state index in [0.29, 0.717) is 37.1 Å². The maximum absolute atomic E-state index is 12.2. The van der Waals surface area contributed by atoms with Gasteiger partial charge in [0.2, 0.25) is 0 Å². The minimum absolute atomic E-state index is 0.0631. The molecule has 1 rings (SSSR count). The summed E-state index contributed by atoms with van der Waals surface area (Å²) in [5.74, 6) is 0.0870. The van der Waals surface area contributed by atoms with E-state index in [1.54, 1.807) is 6.92 Å². The molecule has 0 aliphatic heterocycles. The second-order valence-corrected chi connectivity index (χ2v) is 7.11. The molecule has 0 aromatic rings. The van der Waals surface area contributed by atoms with Crippen molar-refractivity contribution >= 4 is 16.1 Å². The molecule has 0 fully saturated rings. The predicted octanol–water partition coefficient (Wildman–Crippen LogP) is 1.48. The molecule has 8 heteroatoms. The molecule has 134 valence electrons. The first-order valence-corrected chi connectivity index (χ1v) is 9.76. The van der Waals surface area contributed by atoms with Crippen molar-refractivity contribution in [3.8, 4) is 0 Å². The van der Waals surface area contributed by atoms with E-state index in [-0.39, 0.29) is 19.1 Å². The number of nitrogens with two attached hydrogens (primary N) is 1. The highest BCUT2D eigenvalue weighted by atomic mass is 32.2. The largest absolute Gasteiger partial charge is 0.494 e. The summed E-state index contributed by atoms with van der Waals surface area (Å²) < 4.78 is 38.6. The summed E-state index contributed by atoms with van der Waals surface area (Å²) in [6, 6.07) is 0. The Morgan fingerprint density at radius 1 is 1.39 bits per heavy atom. The van der Waals surface area contributed by atoms with Crippen molar-refractivity contribution in [1.82, 2.24) is 0 Å². The summed E-state index contributed by atoms with van der Waals surface area (Å²) in [5.41, 5.74) is 5.93. The number of carbonyl (C=O) groups excluding carboxylic acids is 1. The molecule has 0 aromatic heterocycles. The molecule has 1 aliphatic rings. The van der Waals surface area contributed by atoms with Crippen LogP contribution in [0.5, 0.6) is 0 Å². The molecule has 0 saturated heterocycles. The molecule has 1 aliphatic carbocycles. The molecule has 7 nitrogen and oxygen atoms in total. The minimum Gasteiger partial charge on any atom is -0.494 e. The number of esters is 1. The summed E-state index contributed by atoms with van der Waals surface area (Å²) in [6.45, 7) is 4.45. The summed E-state index contributed by atoms with van der Waals surface area (Å²) in [4.78, 5) is 12.2. The lowest BCUT2D eigenvalue weighted by Gasteiger charge is -2.28. The van der Waals surface area contributed by atoms with Crippen molar-refractivity contribution in [3.05, 3.63) is 11.3 Å². The van der Waals surface area contributed by atoms with Crippen LogP contribution in [0.2, 0.25) is 0 Å².